The number of benzene rings is 1. The van der Waals surface area contributed by atoms with Crippen LogP contribution in [0, 0.1) is 5.92 Å². The molecule has 1 saturated carbocycles. The van der Waals surface area contributed by atoms with Crippen LogP contribution < -0.4 is 10.6 Å². The molecular formula is C24H35N3O5. The predicted molar refractivity (Wildman–Crippen MR) is 120 cm³/mol. The molecule has 1 aromatic rings. The van der Waals surface area contributed by atoms with Crippen LogP contribution in [0.3, 0.4) is 0 Å². The molecule has 8 heteroatoms. The Kier molecular flexibility index (Phi) is 7.77. The topological polar surface area (TPSA) is 97.0 Å². The molecule has 2 N–H and O–H groups in total. The second-order valence-corrected chi connectivity index (χ2v) is 9.68. The molecular weight excluding hydrogens is 410 g/mol. The number of nitrogens with zero attached hydrogens (tertiary/aromatic N) is 1. The van der Waals surface area contributed by atoms with E-state index in [1.807, 2.05) is 30.3 Å². The number of hydrogen-bond donors (Lipinski definition) is 2. The van der Waals surface area contributed by atoms with Gasteiger partial charge in [-0.05, 0) is 52.0 Å². The highest BCUT2D eigenvalue weighted by Crippen LogP contribution is 2.33. The highest BCUT2D eigenvalue weighted by molar-refractivity contribution is 5.88. The monoisotopic (exact) mass is 445 g/mol. The van der Waals surface area contributed by atoms with Crippen molar-refractivity contribution in [3.63, 3.8) is 0 Å². The van der Waals surface area contributed by atoms with Crippen LogP contribution in [0.25, 0.3) is 0 Å². The summed E-state index contributed by atoms with van der Waals surface area (Å²) in [7, 11) is 1.39. The second-order valence-electron chi connectivity index (χ2n) is 9.68. The van der Waals surface area contributed by atoms with Gasteiger partial charge in [0.05, 0.1) is 13.0 Å². The summed E-state index contributed by atoms with van der Waals surface area (Å²) in [6, 6.07) is 8.71. The minimum atomic E-state index is -0.637. The highest BCUT2D eigenvalue weighted by atomic mass is 16.5. The van der Waals surface area contributed by atoms with Crippen LogP contribution in [-0.2, 0) is 25.7 Å². The van der Waals surface area contributed by atoms with Crippen LogP contribution in [-0.4, -0.2) is 60.2 Å². The second kappa shape index (κ2) is 10.3. The normalized spacial score (nSPS) is 26.0. The molecule has 1 aliphatic heterocycles. The van der Waals surface area contributed by atoms with Crippen LogP contribution in [0.4, 0.5) is 4.79 Å². The van der Waals surface area contributed by atoms with Gasteiger partial charge in [0.15, 0.2) is 0 Å². The van der Waals surface area contributed by atoms with E-state index >= 15 is 0 Å². The van der Waals surface area contributed by atoms with Crippen molar-refractivity contribution in [2.45, 2.75) is 76.7 Å². The van der Waals surface area contributed by atoms with Crippen molar-refractivity contribution in [2.75, 3.05) is 13.7 Å². The fraction of sp³-hybridized carbons (Fsp3) is 0.625. The Balaban J connectivity index is 1.58. The number of rotatable bonds is 6. The van der Waals surface area contributed by atoms with E-state index in [0.717, 1.165) is 12.0 Å². The molecule has 8 nitrogen and oxygen atoms in total. The molecule has 2 aliphatic rings. The Hall–Kier alpha value is -2.61. The molecule has 1 heterocycles. The van der Waals surface area contributed by atoms with E-state index < -0.39 is 12.1 Å². The van der Waals surface area contributed by atoms with E-state index in [9.17, 15) is 14.4 Å². The molecule has 1 aliphatic carbocycles. The Morgan fingerprint density at radius 1 is 1.12 bits per heavy atom. The largest absolute Gasteiger partial charge is 0.469 e. The molecule has 0 spiro atoms. The zero-order valence-electron chi connectivity index (χ0n) is 19.4. The number of carbonyl (C=O) groups excluding carboxylic acids is 3. The summed E-state index contributed by atoms with van der Waals surface area (Å²) in [5.74, 6) is -0.842. The molecule has 1 aromatic carbocycles. The Morgan fingerprint density at radius 3 is 2.50 bits per heavy atom. The molecule has 1 saturated heterocycles. The number of carbonyl (C=O) groups is 3. The Morgan fingerprint density at radius 2 is 1.84 bits per heavy atom. The standard InChI is InChI=1S/C24H35N3O5/c1-24(2,3)26-17-10-11-20(18(14-17)22(29)31-4)27-13-12-19(21(27)28)25-23(30)32-15-16-8-6-5-7-9-16/h5-9,17-20,26H,10-15H2,1-4H3,(H,25,30)/t17?,18-,19+,20+/m1/s1. The van der Waals surface area contributed by atoms with Gasteiger partial charge in [-0.2, -0.15) is 0 Å². The van der Waals surface area contributed by atoms with E-state index in [1.54, 1.807) is 4.90 Å². The zero-order valence-corrected chi connectivity index (χ0v) is 19.4. The first-order valence-corrected chi connectivity index (χ1v) is 11.3. The number of nitrogens with one attached hydrogen (secondary N) is 2. The summed E-state index contributed by atoms with van der Waals surface area (Å²) in [6.07, 6.45) is 2.08. The number of esters is 1. The third-order valence-electron chi connectivity index (χ3n) is 6.10. The third kappa shape index (κ3) is 6.22. The molecule has 32 heavy (non-hydrogen) atoms. The van der Waals surface area contributed by atoms with Gasteiger partial charge >= 0.3 is 12.1 Å². The molecule has 1 unspecified atom stereocenters. The first-order valence-electron chi connectivity index (χ1n) is 11.3. The van der Waals surface area contributed by atoms with Crippen LogP contribution in [0.15, 0.2) is 30.3 Å². The van der Waals surface area contributed by atoms with Crippen LogP contribution in [0.1, 0.15) is 52.0 Å². The molecule has 0 radical (unpaired) electrons. The summed E-state index contributed by atoms with van der Waals surface area (Å²) < 4.78 is 10.3. The minimum Gasteiger partial charge on any atom is -0.469 e. The van der Waals surface area contributed by atoms with Crippen molar-refractivity contribution in [3.8, 4) is 0 Å². The number of ether oxygens (including phenoxy) is 2. The molecule has 2 fully saturated rings. The number of likely N-dealkylation sites (tertiary alicyclic amines) is 1. The van der Waals surface area contributed by atoms with Gasteiger partial charge in [0.25, 0.3) is 0 Å². The molecule has 0 aromatic heterocycles. The lowest BCUT2D eigenvalue weighted by atomic mass is 9.80. The van der Waals surface area contributed by atoms with Crippen molar-refractivity contribution in [2.24, 2.45) is 5.92 Å². The van der Waals surface area contributed by atoms with Gasteiger partial charge in [-0.15, -0.1) is 0 Å². The van der Waals surface area contributed by atoms with E-state index in [0.29, 0.717) is 25.8 Å². The molecule has 2 amide bonds. The summed E-state index contributed by atoms with van der Waals surface area (Å²) >= 11 is 0. The smallest absolute Gasteiger partial charge is 0.408 e. The van der Waals surface area contributed by atoms with E-state index in [2.05, 4.69) is 31.4 Å². The molecule has 176 valence electrons. The van der Waals surface area contributed by atoms with Crippen LogP contribution in [0.2, 0.25) is 0 Å². The van der Waals surface area contributed by atoms with E-state index in [4.69, 9.17) is 9.47 Å². The van der Waals surface area contributed by atoms with Gasteiger partial charge in [0, 0.05) is 24.2 Å². The van der Waals surface area contributed by atoms with E-state index in [-0.39, 0.29) is 42.0 Å². The van der Waals surface area contributed by atoms with Gasteiger partial charge in [0.2, 0.25) is 5.91 Å². The van der Waals surface area contributed by atoms with Gasteiger partial charge in [-0.3, -0.25) is 9.59 Å². The van der Waals surface area contributed by atoms with Gasteiger partial charge in [0.1, 0.15) is 12.6 Å². The quantitative estimate of drug-likeness (QED) is 0.654. The zero-order chi connectivity index (χ0) is 23.3. The van der Waals surface area contributed by atoms with Crippen molar-refractivity contribution < 1.29 is 23.9 Å². The summed E-state index contributed by atoms with van der Waals surface area (Å²) in [5.41, 5.74) is 0.820. The Labute approximate surface area is 190 Å². The molecule has 0 bridgehead atoms. The predicted octanol–water partition coefficient (Wildman–Crippen LogP) is 2.61. The fourth-order valence-electron chi connectivity index (χ4n) is 4.75. The molecule has 4 atom stereocenters. The van der Waals surface area contributed by atoms with Gasteiger partial charge < -0.3 is 25.0 Å². The van der Waals surface area contributed by atoms with Crippen molar-refractivity contribution in [1.29, 1.82) is 0 Å². The fourth-order valence-corrected chi connectivity index (χ4v) is 4.75. The first-order chi connectivity index (χ1) is 15.2. The lowest BCUT2D eigenvalue weighted by Gasteiger charge is -2.41. The molecule has 3 rings (SSSR count). The number of methoxy groups -OCH3 is 1. The van der Waals surface area contributed by atoms with Crippen molar-refractivity contribution >= 4 is 18.0 Å². The van der Waals surface area contributed by atoms with Gasteiger partial charge in [-0.1, -0.05) is 30.3 Å². The maximum absolute atomic E-state index is 13.1. The lowest BCUT2D eigenvalue weighted by molar-refractivity contribution is -0.151. The number of amides is 2. The van der Waals surface area contributed by atoms with Crippen LogP contribution in [0.5, 0.6) is 0 Å². The van der Waals surface area contributed by atoms with Crippen LogP contribution >= 0.6 is 0 Å². The Bertz CT molecular complexity index is 808. The van der Waals surface area contributed by atoms with Crippen molar-refractivity contribution in [3.05, 3.63) is 35.9 Å². The minimum absolute atomic E-state index is 0.0588. The SMILES string of the molecule is COC(=O)[C@@H]1CC(NC(C)(C)C)CC[C@@H]1N1CC[C@H](NC(=O)OCc2ccccc2)C1=O. The summed E-state index contributed by atoms with van der Waals surface area (Å²) in [6.45, 7) is 6.95. The maximum atomic E-state index is 13.1. The number of alkyl carbamates (subject to hydrolysis) is 1. The summed E-state index contributed by atoms with van der Waals surface area (Å²) in [4.78, 5) is 39.6. The average Bonchev–Trinajstić information content (AvgIpc) is 3.11. The maximum Gasteiger partial charge on any atom is 0.408 e. The average molecular weight is 446 g/mol. The number of hydrogen-bond acceptors (Lipinski definition) is 6. The third-order valence-corrected chi connectivity index (χ3v) is 6.10. The van der Waals surface area contributed by atoms with Gasteiger partial charge in [-0.25, -0.2) is 4.79 Å². The highest BCUT2D eigenvalue weighted by Gasteiger charge is 2.45. The van der Waals surface area contributed by atoms with E-state index in [1.165, 1.54) is 7.11 Å². The first kappa shape index (κ1) is 24.0. The summed E-state index contributed by atoms with van der Waals surface area (Å²) in [5, 5.41) is 6.25. The lowest BCUT2D eigenvalue weighted by Crippen LogP contribution is -2.55. The van der Waals surface area contributed by atoms with Crippen molar-refractivity contribution in [1.82, 2.24) is 15.5 Å².